The highest BCUT2D eigenvalue weighted by Gasteiger charge is 2.32. The number of benzene rings is 1. The summed E-state index contributed by atoms with van der Waals surface area (Å²) in [5.74, 6) is 0.544. The van der Waals surface area contributed by atoms with E-state index >= 15 is 0 Å². The second-order valence-electron chi connectivity index (χ2n) is 5.48. The lowest BCUT2D eigenvalue weighted by molar-refractivity contribution is -0.138. The van der Waals surface area contributed by atoms with Crippen molar-refractivity contribution in [1.29, 1.82) is 0 Å². The maximum atomic E-state index is 12.9. The van der Waals surface area contributed by atoms with Crippen molar-refractivity contribution in [2.24, 2.45) is 0 Å². The van der Waals surface area contributed by atoms with Gasteiger partial charge in [0.05, 0.1) is 11.3 Å². The van der Waals surface area contributed by atoms with Gasteiger partial charge in [0, 0.05) is 26.9 Å². The summed E-state index contributed by atoms with van der Waals surface area (Å²) in [4.78, 5) is 7.35. The second-order valence-corrected chi connectivity index (χ2v) is 7.93. The Kier molecular flexibility index (Phi) is 5.40. The molecule has 27 heavy (non-hydrogen) atoms. The fourth-order valence-corrected chi connectivity index (χ4v) is 3.91. The van der Waals surface area contributed by atoms with Crippen LogP contribution in [0.3, 0.4) is 0 Å². The van der Waals surface area contributed by atoms with Crippen molar-refractivity contribution in [2.75, 3.05) is 5.75 Å². The quantitative estimate of drug-likeness (QED) is 0.363. The van der Waals surface area contributed by atoms with E-state index in [0.717, 1.165) is 12.3 Å². The molecule has 3 rings (SSSR count). The Morgan fingerprint density at radius 1 is 1.04 bits per heavy atom. The highest BCUT2D eigenvalue weighted by atomic mass is 32.2. The van der Waals surface area contributed by atoms with Crippen molar-refractivity contribution in [3.05, 3.63) is 42.1 Å². The number of halogens is 6. The van der Waals surface area contributed by atoms with E-state index in [1.165, 1.54) is 30.0 Å². The lowest BCUT2D eigenvalue weighted by atomic mass is 10.2. The van der Waals surface area contributed by atoms with Gasteiger partial charge in [-0.25, -0.2) is 0 Å². The van der Waals surface area contributed by atoms with Gasteiger partial charge in [0.15, 0.2) is 0 Å². The number of hydrogen-bond acceptors (Lipinski definition) is 3. The van der Waals surface area contributed by atoms with Crippen LogP contribution in [0.15, 0.2) is 46.3 Å². The first-order chi connectivity index (χ1) is 12.6. The molecule has 0 saturated carbocycles. The molecular formula is C17H12F6N2S2. The van der Waals surface area contributed by atoms with E-state index < -0.39 is 17.2 Å². The zero-order chi connectivity index (χ0) is 19.8. The number of alkyl halides is 6. The number of nitrogens with zero attached hydrogens (tertiary/aromatic N) is 1. The number of hydrogen-bond donors (Lipinski definition) is 1. The predicted molar refractivity (Wildman–Crippen MR) is 94.8 cm³/mol. The number of H-pyrrole nitrogens is 1. The Hall–Kier alpha value is -1.81. The van der Waals surface area contributed by atoms with Crippen LogP contribution in [0.2, 0.25) is 0 Å². The number of aromatic nitrogens is 2. The molecule has 0 aliphatic heterocycles. The van der Waals surface area contributed by atoms with E-state index in [4.69, 9.17) is 0 Å². The normalized spacial score (nSPS) is 12.7. The van der Waals surface area contributed by atoms with Crippen LogP contribution in [-0.4, -0.2) is 21.2 Å². The monoisotopic (exact) mass is 422 g/mol. The van der Waals surface area contributed by atoms with Crippen LogP contribution in [-0.2, 0) is 6.18 Å². The molecule has 10 heteroatoms. The second kappa shape index (κ2) is 7.31. The van der Waals surface area contributed by atoms with Gasteiger partial charge in [0.2, 0.25) is 0 Å². The maximum absolute atomic E-state index is 12.9. The number of pyridine rings is 1. The van der Waals surface area contributed by atoms with Crippen LogP contribution in [0.25, 0.3) is 22.3 Å². The molecule has 1 N–H and O–H groups in total. The molecule has 0 atom stereocenters. The van der Waals surface area contributed by atoms with Gasteiger partial charge in [-0.05, 0) is 47.8 Å². The van der Waals surface area contributed by atoms with Crippen LogP contribution < -0.4 is 0 Å². The van der Waals surface area contributed by atoms with Gasteiger partial charge in [0.25, 0.3) is 0 Å². The average Bonchev–Trinajstić information content (AvgIpc) is 2.95. The zero-order valence-electron chi connectivity index (χ0n) is 13.7. The molecule has 0 saturated heterocycles. The van der Waals surface area contributed by atoms with E-state index in [1.54, 1.807) is 13.0 Å². The summed E-state index contributed by atoms with van der Waals surface area (Å²) in [6, 6.07) is 6.84. The Morgan fingerprint density at radius 2 is 1.78 bits per heavy atom. The fourth-order valence-electron chi connectivity index (χ4n) is 2.50. The van der Waals surface area contributed by atoms with Gasteiger partial charge in [-0.3, -0.25) is 4.98 Å². The molecule has 0 aliphatic carbocycles. The molecule has 1 aromatic carbocycles. The van der Waals surface area contributed by atoms with Crippen LogP contribution in [0.1, 0.15) is 12.5 Å². The number of fused-ring (bicyclic) bond motifs is 1. The topological polar surface area (TPSA) is 28.7 Å². The number of rotatable bonds is 4. The smallest absolute Gasteiger partial charge is 0.353 e. The van der Waals surface area contributed by atoms with Crippen molar-refractivity contribution in [2.45, 2.75) is 28.4 Å². The van der Waals surface area contributed by atoms with Crippen molar-refractivity contribution >= 4 is 34.4 Å². The minimum atomic E-state index is -4.50. The van der Waals surface area contributed by atoms with Gasteiger partial charge in [-0.2, -0.15) is 26.3 Å². The number of aromatic amines is 1. The Balaban J connectivity index is 2.03. The summed E-state index contributed by atoms with van der Waals surface area (Å²) < 4.78 is 76.4. The molecule has 0 aliphatic rings. The summed E-state index contributed by atoms with van der Waals surface area (Å²) in [5, 5.41) is 0.522. The molecule has 0 unspecified atom stereocenters. The third-order valence-electron chi connectivity index (χ3n) is 3.56. The van der Waals surface area contributed by atoms with Gasteiger partial charge >= 0.3 is 11.7 Å². The van der Waals surface area contributed by atoms with Gasteiger partial charge in [-0.15, -0.1) is 11.8 Å². The Morgan fingerprint density at radius 3 is 2.41 bits per heavy atom. The third kappa shape index (κ3) is 4.73. The van der Waals surface area contributed by atoms with Crippen LogP contribution >= 0.6 is 23.5 Å². The van der Waals surface area contributed by atoms with E-state index in [-0.39, 0.29) is 16.7 Å². The molecule has 144 valence electrons. The first kappa shape index (κ1) is 19.9. The molecule has 0 spiro atoms. The van der Waals surface area contributed by atoms with E-state index in [9.17, 15) is 26.3 Å². The van der Waals surface area contributed by atoms with E-state index in [0.29, 0.717) is 32.9 Å². The largest absolute Gasteiger partial charge is 0.446 e. The molecule has 2 aromatic heterocycles. The first-order valence-corrected chi connectivity index (χ1v) is 9.46. The molecule has 0 fully saturated rings. The van der Waals surface area contributed by atoms with Crippen molar-refractivity contribution in [1.82, 2.24) is 9.97 Å². The highest BCUT2D eigenvalue weighted by Crippen LogP contribution is 2.39. The average molecular weight is 422 g/mol. The third-order valence-corrected chi connectivity index (χ3v) is 5.19. The molecule has 2 nitrogen and oxygen atoms in total. The molecular weight excluding hydrogens is 410 g/mol. The maximum Gasteiger partial charge on any atom is 0.446 e. The SMILES string of the molecule is CCSc1cc(C(F)(F)F)cnc1-c1cc2cc(SC(F)(F)F)ccc2[nH]1. The molecule has 0 radical (unpaired) electrons. The van der Waals surface area contributed by atoms with Crippen LogP contribution in [0, 0.1) is 0 Å². The minimum Gasteiger partial charge on any atom is -0.353 e. The first-order valence-electron chi connectivity index (χ1n) is 7.66. The summed E-state index contributed by atoms with van der Waals surface area (Å²) in [5.41, 5.74) is -3.89. The van der Waals surface area contributed by atoms with Gasteiger partial charge in [-0.1, -0.05) is 6.92 Å². The summed E-state index contributed by atoms with van der Waals surface area (Å²) >= 11 is 0.991. The lowest BCUT2D eigenvalue weighted by Crippen LogP contribution is -2.06. The number of thioether (sulfide) groups is 2. The van der Waals surface area contributed by atoms with E-state index in [2.05, 4.69) is 9.97 Å². The minimum absolute atomic E-state index is 0.0316. The Labute approximate surface area is 158 Å². The van der Waals surface area contributed by atoms with Crippen LogP contribution in [0.4, 0.5) is 26.3 Å². The Bertz CT molecular complexity index is 962. The van der Waals surface area contributed by atoms with E-state index in [1.807, 2.05) is 0 Å². The highest BCUT2D eigenvalue weighted by molar-refractivity contribution is 8.00. The summed E-state index contributed by atoms with van der Waals surface area (Å²) in [6.07, 6.45) is -3.75. The summed E-state index contributed by atoms with van der Waals surface area (Å²) in [6.45, 7) is 1.81. The van der Waals surface area contributed by atoms with Crippen molar-refractivity contribution < 1.29 is 26.3 Å². The summed E-state index contributed by atoms with van der Waals surface area (Å²) in [7, 11) is 0. The standard InChI is InChI=1S/C17H12F6N2S2/c1-2-26-14-7-10(16(18,19)20)8-24-15(14)13-6-9-5-11(27-17(21,22)23)3-4-12(9)25-13/h3-8,25H,2H2,1H3. The fraction of sp³-hybridized carbons (Fsp3) is 0.235. The molecule has 0 amide bonds. The predicted octanol–water partition coefficient (Wildman–Crippen LogP) is 6.97. The van der Waals surface area contributed by atoms with Gasteiger partial charge in [0.1, 0.15) is 5.69 Å². The van der Waals surface area contributed by atoms with Gasteiger partial charge < -0.3 is 4.98 Å². The van der Waals surface area contributed by atoms with Crippen LogP contribution in [0.5, 0.6) is 0 Å². The number of nitrogens with one attached hydrogen (secondary N) is 1. The molecule has 3 aromatic rings. The molecule has 2 heterocycles. The van der Waals surface area contributed by atoms with Crippen molar-refractivity contribution in [3.8, 4) is 11.4 Å². The zero-order valence-corrected chi connectivity index (χ0v) is 15.3. The van der Waals surface area contributed by atoms with Crippen molar-refractivity contribution in [3.63, 3.8) is 0 Å². The molecule has 0 bridgehead atoms. The lowest BCUT2D eigenvalue weighted by Gasteiger charge is -2.11.